The Morgan fingerprint density at radius 2 is 1.87 bits per heavy atom. The zero-order chi connectivity index (χ0) is 22.6. The van der Waals surface area contributed by atoms with Crippen LogP contribution in [0.1, 0.15) is 56.8 Å². The van der Waals surface area contributed by atoms with Crippen LogP contribution in [0.2, 0.25) is 10.0 Å². The van der Waals surface area contributed by atoms with E-state index in [1.54, 1.807) is 12.1 Å². The van der Waals surface area contributed by atoms with Gasteiger partial charge in [0.25, 0.3) is 0 Å². The second kappa shape index (κ2) is 10.2. The highest BCUT2D eigenvalue weighted by atomic mass is 35.5. The molecule has 1 N–H and O–H groups in total. The highest BCUT2D eigenvalue weighted by molar-refractivity contribution is 6.30. The molecule has 0 fully saturated rings. The van der Waals surface area contributed by atoms with Crippen LogP contribution in [-0.2, 0) is 4.74 Å². The molecule has 0 bridgehead atoms. The quantitative estimate of drug-likeness (QED) is 0.401. The van der Waals surface area contributed by atoms with Crippen LogP contribution in [0.25, 0.3) is 0 Å². The summed E-state index contributed by atoms with van der Waals surface area (Å²) in [5.74, 6) is 0.949. The minimum Gasteiger partial charge on any atom is -0.478 e. The molecule has 0 saturated carbocycles. The number of hydrogen-bond acceptors (Lipinski definition) is 3. The summed E-state index contributed by atoms with van der Waals surface area (Å²) in [6.45, 7) is 11.0. The topological polar surface area (TPSA) is 41.8 Å². The Balaban J connectivity index is 2.00. The monoisotopic (exact) mass is 459 g/mol. The van der Waals surface area contributed by atoms with Gasteiger partial charge < -0.3 is 9.84 Å². The zero-order valence-corrected chi connectivity index (χ0v) is 19.9. The van der Waals surface area contributed by atoms with Gasteiger partial charge in [-0.3, -0.25) is 0 Å². The summed E-state index contributed by atoms with van der Waals surface area (Å²) >= 11 is 12.4. The third-order valence-electron chi connectivity index (χ3n) is 6.09. The normalized spacial score (nSPS) is 20.0. The van der Waals surface area contributed by atoms with Crippen molar-refractivity contribution in [2.75, 3.05) is 6.61 Å². The van der Waals surface area contributed by atoms with Crippen molar-refractivity contribution in [2.45, 2.75) is 51.7 Å². The highest BCUT2D eigenvalue weighted by Gasteiger charge is 2.40. The number of benzene rings is 2. The summed E-state index contributed by atoms with van der Waals surface area (Å²) in [6, 6.07) is 15.2. The largest absolute Gasteiger partial charge is 0.478 e. The van der Waals surface area contributed by atoms with E-state index in [-0.39, 0.29) is 12.0 Å². The van der Waals surface area contributed by atoms with E-state index < -0.39 is 11.5 Å². The van der Waals surface area contributed by atoms with Crippen molar-refractivity contribution in [1.82, 2.24) is 0 Å². The number of nitrogens with zero attached hydrogens (tertiary/aromatic N) is 1. The van der Waals surface area contributed by atoms with Crippen LogP contribution in [0.4, 0.5) is 0 Å². The standard InChI is InChI=1S/C26H31Cl2NO2/c1-5-13-26(4,25-29-23(16-31-25)17(2)3)15-22(19-7-6-8-21(28)14-19)24(30)18-9-11-20(27)12-10-18/h5-12,14,17,22-24,30H,1,13,15-16H2,2-4H3/t22-,23?,24+,26+/m1/s1. The van der Waals surface area contributed by atoms with E-state index in [9.17, 15) is 5.11 Å². The maximum atomic E-state index is 11.4. The molecule has 1 aliphatic rings. The van der Waals surface area contributed by atoms with Crippen molar-refractivity contribution < 1.29 is 9.84 Å². The zero-order valence-electron chi connectivity index (χ0n) is 18.4. The first-order chi connectivity index (χ1) is 14.7. The molecule has 5 heteroatoms. The predicted octanol–water partition coefficient (Wildman–Crippen LogP) is 7.24. The third-order valence-corrected chi connectivity index (χ3v) is 6.58. The fourth-order valence-corrected chi connectivity index (χ4v) is 4.49. The lowest BCUT2D eigenvalue weighted by molar-refractivity contribution is 0.121. The molecule has 0 aliphatic carbocycles. The van der Waals surface area contributed by atoms with Crippen molar-refractivity contribution in [3.05, 3.63) is 82.4 Å². The van der Waals surface area contributed by atoms with Gasteiger partial charge >= 0.3 is 0 Å². The van der Waals surface area contributed by atoms with Crippen molar-refractivity contribution in [3.8, 4) is 0 Å². The highest BCUT2D eigenvalue weighted by Crippen LogP contribution is 2.44. The molecule has 0 radical (unpaired) electrons. The predicted molar refractivity (Wildman–Crippen MR) is 130 cm³/mol. The van der Waals surface area contributed by atoms with Crippen LogP contribution in [0, 0.1) is 11.3 Å². The molecule has 31 heavy (non-hydrogen) atoms. The third kappa shape index (κ3) is 5.71. The Hall–Kier alpha value is -1.81. The van der Waals surface area contributed by atoms with Crippen LogP contribution in [0.5, 0.6) is 0 Å². The van der Waals surface area contributed by atoms with E-state index in [4.69, 9.17) is 32.9 Å². The number of rotatable bonds is 9. The number of aliphatic hydroxyl groups is 1. The van der Waals surface area contributed by atoms with E-state index in [0.29, 0.717) is 35.4 Å². The molecule has 3 nitrogen and oxygen atoms in total. The van der Waals surface area contributed by atoms with Gasteiger partial charge in [0.05, 0.1) is 12.1 Å². The Morgan fingerprint density at radius 3 is 2.45 bits per heavy atom. The molecule has 0 aromatic heterocycles. The average Bonchev–Trinajstić information content (AvgIpc) is 3.24. The lowest BCUT2D eigenvalue weighted by Gasteiger charge is -2.34. The van der Waals surface area contributed by atoms with Gasteiger partial charge in [-0.25, -0.2) is 4.99 Å². The molecule has 2 aromatic carbocycles. The Bertz CT molecular complexity index is 925. The first kappa shape index (κ1) is 23.8. The smallest absolute Gasteiger partial charge is 0.190 e. The number of ether oxygens (including phenoxy) is 1. The lowest BCUT2D eigenvalue weighted by atomic mass is 9.73. The van der Waals surface area contributed by atoms with Gasteiger partial charge in [-0.2, -0.15) is 0 Å². The molecule has 1 heterocycles. The number of halogens is 2. The van der Waals surface area contributed by atoms with Crippen molar-refractivity contribution >= 4 is 29.1 Å². The van der Waals surface area contributed by atoms with Gasteiger partial charge in [-0.15, -0.1) is 6.58 Å². The number of aliphatic hydroxyl groups excluding tert-OH is 1. The molecular weight excluding hydrogens is 429 g/mol. The minimum atomic E-state index is -0.734. The molecule has 166 valence electrons. The SMILES string of the molecule is C=CC[C@@](C)(C[C@H](c1cccc(Cl)c1)[C@@H](O)c1ccc(Cl)cc1)C1=NC(C(C)C)CO1. The van der Waals surface area contributed by atoms with Gasteiger partial charge in [0, 0.05) is 21.4 Å². The van der Waals surface area contributed by atoms with Crippen LogP contribution >= 0.6 is 23.2 Å². The van der Waals surface area contributed by atoms with Crippen LogP contribution in [0.3, 0.4) is 0 Å². The van der Waals surface area contributed by atoms with Crippen LogP contribution in [-0.4, -0.2) is 23.7 Å². The number of hydrogen-bond donors (Lipinski definition) is 1. The first-order valence-electron chi connectivity index (χ1n) is 10.7. The Labute approximate surface area is 195 Å². The molecule has 4 atom stereocenters. The first-order valence-corrected chi connectivity index (χ1v) is 11.5. The summed E-state index contributed by atoms with van der Waals surface area (Å²) < 4.78 is 6.08. The van der Waals surface area contributed by atoms with E-state index in [1.165, 1.54) is 0 Å². The van der Waals surface area contributed by atoms with E-state index in [2.05, 4.69) is 27.4 Å². The van der Waals surface area contributed by atoms with Gasteiger partial charge in [0.2, 0.25) is 0 Å². The maximum absolute atomic E-state index is 11.4. The fourth-order valence-electron chi connectivity index (χ4n) is 4.16. The van der Waals surface area contributed by atoms with Crippen LogP contribution in [0.15, 0.2) is 66.2 Å². The second-order valence-electron chi connectivity index (χ2n) is 8.97. The molecule has 2 aromatic rings. The molecular formula is C26H31Cl2NO2. The summed E-state index contributed by atoms with van der Waals surface area (Å²) in [7, 11) is 0. The van der Waals surface area contributed by atoms with Gasteiger partial charge in [0.1, 0.15) is 6.61 Å². The van der Waals surface area contributed by atoms with Crippen molar-refractivity contribution in [2.24, 2.45) is 16.3 Å². The summed E-state index contributed by atoms with van der Waals surface area (Å²) in [5.41, 5.74) is 1.39. The molecule has 3 rings (SSSR count). The second-order valence-corrected chi connectivity index (χ2v) is 9.84. The molecule has 0 saturated heterocycles. The number of aliphatic imine (C=N–C) groups is 1. The summed E-state index contributed by atoms with van der Waals surface area (Å²) in [6.07, 6.45) is 2.49. The van der Waals surface area contributed by atoms with Crippen molar-refractivity contribution in [1.29, 1.82) is 0 Å². The van der Waals surface area contributed by atoms with Gasteiger partial charge in [-0.05, 0) is 54.2 Å². The fraction of sp³-hybridized carbons (Fsp3) is 0.423. The van der Waals surface area contributed by atoms with Crippen LogP contribution < -0.4 is 0 Å². The van der Waals surface area contributed by atoms with E-state index in [1.807, 2.05) is 42.5 Å². The Kier molecular flexibility index (Phi) is 7.85. The molecule has 1 aliphatic heterocycles. The summed E-state index contributed by atoms with van der Waals surface area (Å²) in [4.78, 5) is 4.91. The average molecular weight is 460 g/mol. The minimum absolute atomic E-state index is 0.157. The van der Waals surface area contributed by atoms with Crippen molar-refractivity contribution in [3.63, 3.8) is 0 Å². The van der Waals surface area contributed by atoms with Gasteiger partial charge in [-0.1, -0.05) is 74.3 Å². The molecule has 0 amide bonds. The maximum Gasteiger partial charge on any atom is 0.190 e. The molecule has 1 unspecified atom stereocenters. The molecule has 0 spiro atoms. The van der Waals surface area contributed by atoms with Gasteiger partial charge in [0.15, 0.2) is 5.90 Å². The summed E-state index contributed by atoms with van der Waals surface area (Å²) in [5, 5.41) is 12.7. The van der Waals surface area contributed by atoms with E-state index in [0.717, 1.165) is 17.0 Å². The van der Waals surface area contributed by atoms with E-state index >= 15 is 0 Å². The lowest BCUT2D eigenvalue weighted by Crippen LogP contribution is -2.31. The number of allylic oxidation sites excluding steroid dienone is 1. The Morgan fingerprint density at radius 1 is 1.16 bits per heavy atom.